The van der Waals surface area contributed by atoms with Gasteiger partial charge in [-0.2, -0.15) is 5.10 Å². The SMILES string of the molecule is Cc1cccc(-n2ncc3c(NNC(=O)c4cccc(Cl)c4)ncnc32)c1. The number of hydrogen-bond acceptors (Lipinski definition) is 5. The van der Waals surface area contributed by atoms with Gasteiger partial charge in [-0.15, -0.1) is 0 Å². The lowest BCUT2D eigenvalue weighted by Crippen LogP contribution is -2.29. The fourth-order valence-corrected chi connectivity index (χ4v) is 2.90. The van der Waals surface area contributed by atoms with E-state index in [2.05, 4.69) is 25.9 Å². The van der Waals surface area contributed by atoms with E-state index in [0.717, 1.165) is 11.3 Å². The summed E-state index contributed by atoms with van der Waals surface area (Å²) in [5.41, 5.74) is 8.55. The highest BCUT2D eigenvalue weighted by Gasteiger charge is 2.12. The second-order valence-corrected chi connectivity index (χ2v) is 6.38. The Bertz CT molecular complexity index is 1140. The number of rotatable bonds is 4. The van der Waals surface area contributed by atoms with Crippen molar-refractivity contribution in [1.82, 2.24) is 25.2 Å². The minimum atomic E-state index is -0.324. The molecule has 2 aromatic carbocycles. The minimum absolute atomic E-state index is 0.324. The average molecular weight is 379 g/mol. The van der Waals surface area contributed by atoms with E-state index in [1.165, 1.54) is 6.33 Å². The first-order chi connectivity index (χ1) is 13.1. The standard InChI is InChI=1S/C19H15ClN6O/c1-12-4-2-7-15(8-12)26-18-16(10-23-26)17(21-11-22-18)24-25-19(27)13-5-3-6-14(20)9-13/h2-11H,1H3,(H,25,27)(H,21,22,24). The van der Waals surface area contributed by atoms with E-state index >= 15 is 0 Å². The maximum Gasteiger partial charge on any atom is 0.269 e. The first-order valence-corrected chi connectivity index (χ1v) is 8.57. The molecule has 0 fully saturated rings. The molecule has 2 aromatic heterocycles. The van der Waals surface area contributed by atoms with E-state index in [1.807, 2.05) is 31.2 Å². The second kappa shape index (κ2) is 7.05. The van der Waals surface area contributed by atoms with Gasteiger partial charge < -0.3 is 0 Å². The van der Waals surface area contributed by atoms with Crippen LogP contribution in [-0.4, -0.2) is 25.7 Å². The first kappa shape index (κ1) is 17.0. The van der Waals surface area contributed by atoms with Crippen molar-refractivity contribution in [2.45, 2.75) is 6.92 Å². The quantitative estimate of drug-likeness (QED) is 0.530. The number of fused-ring (bicyclic) bond motifs is 1. The summed E-state index contributed by atoms with van der Waals surface area (Å²) in [6.07, 6.45) is 3.08. The summed E-state index contributed by atoms with van der Waals surface area (Å²) in [5.74, 6) is 0.129. The number of hydrogen-bond donors (Lipinski definition) is 2. The lowest BCUT2D eigenvalue weighted by Gasteiger charge is -2.09. The van der Waals surface area contributed by atoms with Crippen LogP contribution in [0.4, 0.5) is 5.82 Å². The van der Waals surface area contributed by atoms with E-state index in [0.29, 0.717) is 27.4 Å². The smallest absolute Gasteiger partial charge is 0.269 e. The summed E-state index contributed by atoms with van der Waals surface area (Å²) in [6.45, 7) is 2.02. The largest absolute Gasteiger partial charge is 0.281 e. The number of carbonyl (C=O) groups is 1. The van der Waals surface area contributed by atoms with Gasteiger partial charge in [0.1, 0.15) is 6.33 Å². The Morgan fingerprint density at radius 3 is 2.78 bits per heavy atom. The molecule has 4 aromatic rings. The molecule has 0 aliphatic carbocycles. The average Bonchev–Trinajstić information content (AvgIpc) is 3.11. The zero-order valence-corrected chi connectivity index (χ0v) is 15.1. The van der Waals surface area contributed by atoms with Crippen LogP contribution in [-0.2, 0) is 0 Å². The van der Waals surface area contributed by atoms with Gasteiger partial charge in [-0.25, -0.2) is 14.6 Å². The van der Waals surface area contributed by atoms with Crippen molar-refractivity contribution in [3.05, 3.63) is 77.2 Å². The molecule has 0 bridgehead atoms. The minimum Gasteiger partial charge on any atom is -0.281 e. The van der Waals surface area contributed by atoms with E-state index in [4.69, 9.17) is 11.6 Å². The van der Waals surface area contributed by atoms with Crippen molar-refractivity contribution in [1.29, 1.82) is 0 Å². The molecule has 0 aliphatic rings. The molecular formula is C19H15ClN6O. The van der Waals surface area contributed by atoms with Gasteiger partial charge in [-0.3, -0.25) is 15.6 Å². The summed E-state index contributed by atoms with van der Waals surface area (Å²) in [7, 11) is 0. The number of carbonyl (C=O) groups excluding carboxylic acids is 1. The van der Waals surface area contributed by atoms with Gasteiger partial charge in [-0.1, -0.05) is 29.8 Å². The van der Waals surface area contributed by atoms with Crippen molar-refractivity contribution in [2.75, 3.05) is 5.43 Å². The maximum absolute atomic E-state index is 12.3. The predicted molar refractivity (Wildman–Crippen MR) is 104 cm³/mol. The van der Waals surface area contributed by atoms with Gasteiger partial charge in [0, 0.05) is 10.6 Å². The zero-order valence-electron chi connectivity index (χ0n) is 14.3. The Morgan fingerprint density at radius 1 is 1.11 bits per heavy atom. The highest BCUT2D eigenvalue weighted by atomic mass is 35.5. The molecule has 134 valence electrons. The number of amides is 1. The third-order valence-electron chi connectivity index (χ3n) is 3.99. The number of benzene rings is 2. The Kier molecular flexibility index (Phi) is 4.43. The van der Waals surface area contributed by atoms with E-state index in [1.54, 1.807) is 35.1 Å². The topological polar surface area (TPSA) is 84.7 Å². The molecule has 4 rings (SSSR count). The van der Waals surface area contributed by atoms with Crippen molar-refractivity contribution in [2.24, 2.45) is 0 Å². The Balaban J connectivity index is 1.61. The van der Waals surface area contributed by atoms with Crippen molar-refractivity contribution in [3.8, 4) is 5.69 Å². The Labute approximate surface area is 160 Å². The molecule has 27 heavy (non-hydrogen) atoms. The van der Waals surface area contributed by atoms with E-state index in [-0.39, 0.29) is 5.91 Å². The van der Waals surface area contributed by atoms with Gasteiger partial charge in [0.15, 0.2) is 11.5 Å². The number of aromatic nitrogens is 4. The number of halogens is 1. The van der Waals surface area contributed by atoms with E-state index < -0.39 is 0 Å². The monoisotopic (exact) mass is 378 g/mol. The Hall–Kier alpha value is -3.45. The van der Waals surface area contributed by atoms with Crippen LogP contribution in [0.15, 0.2) is 61.1 Å². The van der Waals surface area contributed by atoms with Crippen LogP contribution in [0, 0.1) is 6.92 Å². The number of nitrogens with zero attached hydrogens (tertiary/aromatic N) is 4. The molecule has 0 saturated carbocycles. The van der Waals surface area contributed by atoms with Gasteiger partial charge in [0.2, 0.25) is 0 Å². The van der Waals surface area contributed by atoms with Crippen molar-refractivity contribution in [3.63, 3.8) is 0 Å². The third kappa shape index (κ3) is 3.45. The number of anilines is 1. The number of hydrazine groups is 1. The molecule has 2 N–H and O–H groups in total. The van der Waals surface area contributed by atoms with Crippen LogP contribution < -0.4 is 10.9 Å². The van der Waals surface area contributed by atoms with Gasteiger partial charge in [-0.05, 0) is 42.8 Å². The first-order valence-electron chi connectivity index (χ1n) is 8.19. The number of aryl methyl sites for hydroxylation is 1. The number of nitrogens with one attached hydrogen (secondary N) is 2. The molecular weight excluding hydrogens is 364 g/mol. The predicted octanol–water partition coefficient (Wildman–Crippen LogP) is 3.53. The fraction of sp³-hybridized carbons (Fsp3) is 0.0526. The van der Waals surface area contributed by atoms with Gasteiger partial charge in [0.25, 0.3) is 5.91 Å². The second-order valence-electron chi connectivity index (χ2n) is 5.94. The lowest BCUT2D eigenvalue weighted by molar-refractivity contribution is 0.0962. The van der Waals surface area contributed by atoms with Gasteiger partial charge >= 0.3 is 0 Å². The molecule has 0 spiro atoms. The van der Waals surface area contributed by atoms with Gasteiger partial charge in [0.05, 0.1) is 17.3 Å². The maximum atomic E-state index is 12.3. The molecule has 0 unspecified atom stereocenters. The van der Waals surface area contributed by atoms with Crippen LogP contribution in [0.3, 0.4) is 0 Å². The molecule has 0 radical (unpaired) electrons. The highest BCUT2D eigenvalue weighted by molar-refractivity contribution is 6.30. The van der Waals surface area contributed by atoms with Crippen LogP contribution in [0.25, 0.3) is 16.7 Å². The molecule has 0 saturated heterocycles. The molecule has 1 amide bonds. The zero-order chi connectivity index (χ0) is 18.8. The summed E-state index contributed by atoms with van der Waals surface area (Å²) in [4.78, 5) is 20.8. The van der Waals surface area contributed by atoms with Crippen LogP contribution in [0.5, 0.6) is 0 Å². The molecule has 8 heteroatoms. The summed E-state index contributed by atoms with van der Waals surface area (Å²) >= 11 is 5.92. The van der Waals surface area contributed by atoms with Crippen LogP contribution in [0.1, 0.15) is 15.9 Å². The molecule has 7 nitrogen and oxygen atoms in total. The normalized spacial score (nSPS) is 10.7. The molecule has 0 aliphatic heterocycles. The van der Waals surface area contributed by atoms with Crippen molar-refractivity contribution < 1.29 is 4.79 Å². The van der Waals surface area contributed by atoms with E-state index in [9.17, 15) is 4.79 Å². The Morgan fingerprint density at radius 2 is 1.96 bits per heavy atom. The third-order valence-corrected chi connectivity index (χ3v) is 4.23. The summed E-state index contributed by atoms with van der Waals surface area (Å²) in [5, 5.41) is 5.59. The summed E-state index contributed by atoms with van der Waals surface area (Å²) < 4.78 is 1.73. The van der Waals surface area contributed by atoms with Crippen LogP contribution >= 0.6 is 11.6 Å². The fourth-order valence-electron chi connectivity index (χ4n) is 2.71. The van der Waals surface area contributed by atoms with Crippen LogP contribution in [0.2, 0.25) is 5.02 Å². The summed E-state index contributed by atoms with van der Waals surface area (Å²) in [6, 6.07) is 14.6. The molecule has 2 heterocycles. The highest BCUT2D eigenvalue weighted by Crippen LogP contribution is 2.21. The molecule has 0 atom stereocenters. The lowest BCUT2D eigenvalue weighted by atomic mass is 10.2. The van der Waals surface area contributed by atoms with Crippen molar-refractivity contribution >= 4 is 34.4 Å².